The Morgan fingerprint density at radius 3 is 2.67 bits per heavy atom. The lowest BCUT2D eigenvalue weighted by molar-refractivity contribution is 0.0696. The van der Waals surface area contributed by atoms with E-state index in [4.69, 9.17) is 5.11 Å². The molecule has 2 aromatic heterocycles. The molecule has 0 atom stereocenters. The maximum Gasteiger partial charge on any atom is 0.337 e. The van der Waals surface area contributed by atoms with Crippen LogP contribution >= 0.6 is 0 Å². The Morgan fingerprint density at radius 1 is 1.44 bits per heavy atom. The minimum absolute atomic E-state index is 0.0825. The Labute approximate surface area is 101 Å². The van der Waals surface area contributed by atoms with E-state index in [2.05, 4.69) is 4.98 Å². The van der Waals surface area contributed by atoms with Gasteiger partial charge in [0, 0.05) is 19.8 Å². The SMILES string of the molecule is CCn1c(=O)c2cc(C(=O)O)cnc2n(C)c1=O. The largest absolute Gasteiger partial charge is 0.478 e. The van der Waals surface area contributed by atoms with Crippen LogP contribution in [-0.4, -0.2) is 25.2 Å². The molecule has 0 bridgehead atoms. The van der Waals surface area contributed by atoms with Crippen LogP contribution in [0.5, 0.6) is 0 Å². The van der Waals surface area contributed by atoms with E-state index in [-0.39, 0.29) is 23.1 Å². The van der Waals surface area contributed by atoms with Crippen LogP contribution in [0.1, 0.15) is 17.3 Å². The fourth-order valence-corrected chi connectivity index (χ4v) is 1.78. The number of carboxylic acids is 1. The number of rotatable bonds is 2. The third kappa shape index (κ3) is 1.60. The van der Waals surface area contributed by atoms with Crippen molar-refractivity contribution in [2.24, 2.45) is 7.05 Å². The standard InChI is InChI=1S/C11H11N3O4/c1-3-14-9(15)7-4-6(10(16)17)5-12-8(7)13(2)11(14)18/h4-5H,3H2,1-2H3,(H,16,17). The van der Waals surface area contributed by atoms with Gasteiger partial charge in [0.2, 0.25) is 0 Å². The van der Waals surface area contributed by atoms with Gasteiger partial charge in [0.15, 0.2) is 0 Å². The highest BCUT2D eigenvalue weighted by atomic mass is 16.4. The maximum atomic E-state index is 12.0. The van der Waals surface area contributed by atoms with Gasteiger partial charge in [0.1, 0.15) is 5.65 Å². The highest BCUT2D eigenvalue weighted by Gasteiger charge is 2.13. The highest BCUT2D eigenvalue weighted by molar-refractivity contribution is 5.91. The Bertz CT molecular complexity index is 757. The third-order valence-corrected chi connectivity index (χ3v) is 2.74. The van der Waals surface area contributed by atoms with E-state index in [1.54, 1.807) is 6.92 Å². The molecular formula is C11H11N3O4. The second kappa shape index (κ2) is 4.10. The summed E-state index contributed by atoms with van der Waals surface area (Å²) in [6.45, 7) is 1.89. The number of aryl methyl sites for hydroxylation is 1. The van der Waals surface area contributed by atoms with Crippen molar-refractivity contribution in [3.63, 3.8) is 0 Å². The Hall–Kier alpha value is -2.44. The Balaban J connectivity index is 3.00. The molecule has 2 heterocycles. The number of aromatic nitrogens is 3. The van der Waals surface area contributed by atoms with Crippen molar-refractivity contribution < 1.29 is 9.90 Å². The molecule has 94 valence electrons. The second-order valence-electron chi connectivity index (χ2n) is 3.79. The number of hydrogen-bond donors (Lipinski definition) is 1. The van der Waals surface area contributed by atoms with Crippen LogP contribution in [-0.2, 0) is 13.6 Å². The number of aromatic carboxylic acids is 1. The molecule has 0 spiro atoms. The van der Waals surface area contributed by atoms with Gasteiger partial charge < -0.3 is 5.11 Å². The molecule has 0 radical (unpaired) electrons. The number of carbonyl (C=O) groups is 1. The molecule has 0 fully saturated rings. The van der Waals surface area contributed by atoms with Crippen LogP contribution in [0, 0.1) is 0 Å². The van der Waals surface area contributed by atoms with Gasteiger partial charge in [-0.1, -0.05) is 0 Å². The first-order valence-electron chi connectivity index (χ1n) is 5.30. The minimum Gasteiger partial charge on any atom is -0.478 e. The summed E-state index contributed by atoms with van der Waals surface area (Å²) in [6.07, 6.45) is 1.12. The summed E-state index contributed by atoms with van der Waals surface area (Å²) in [5.41, 5.74) is -0.891. The molecule has 2 rings (SSSR count). The van der Waals surface area contributed by atoms with Gasteiger partial charge in [-0.05, 0) is 13.0 Å². The first-order chi connectivity index (χ1) is 8.47. The van der Waals surface area contributed by atoms with Crippen molar-refractivity contribution in [3.8, 4) is 0 Å². The number of nitrogens with zero attached hydrogens (tertiary/aromatic N) is 3. The van der Waals surface area contributed by atoms with Crippen LogP contribution < -0.4 is 11.2 Å². The molecule has 18 heavy (non-hydrogen) atoms. The van der Waals surface area contributed by atoms with Gasteiger partial charge in [0.05, 0.1) is 10.9 Å². The Kier molecular flexibility index (Phi) is 2.74. The van der Waals surface area contributed by atoms with Crippen molar-refractivity contribution >= 4 is 17.0 Å². The zero-order chi connectivity index (χ0) is 13.4. The summed E-state index contributed by atoms with van der Waals surface area (Å²) in [5, 5.41) is 8.99. The second-order valence-corrected chi connectivity index (χ2v) is 3.79. The number of pyridine rings is 1. The van der Waals surface area contributed by atoms with Crippen molar-refractivity contribution in [2.45, 2.75) is 13.5 Å². The van der Waals surface area contributed by atoms with Gasteiger partial charge >= 0.3 is 11.7 Å². The molecule has 1 N–H and O–H groups in total. The van der Waals surface area contributed by atoms with E-state index in [1.807, 2.05) is 0 Å². The first kappa shape index (κ1) is 12.0. The van der Waals surface area contributed by atoms with Crippen LogP contribution in [0.2, 0.25) is 0 Å². The molecule has 7 heteroatoms. The summed E-state index contributed by atoms with van der Waals surface area (Å²) >= 11 is 0. The molecule has 0 aromatic carbocycles. The molecule has 0 aliphatic carbocycles. The molecule has 0 aliphatic rings. The summed E-state index contributed by atoms with van der Waals surface area (Å²) in [4.78, 5) is 38.6. The van der Waals surface area contributed by atoms with Crippen LogP contribution in [0.3, 0.4) is 0 Å². The van der Waals surface area contributed by atoms with Crippen molar-refractivity contribution in [2.75, 3.05) is 0 Å². The van der Waals surface area contributed by atoms with Gasteiger partial charge in [-0.3, -0.25) is 13.9 Å². The average molecular weight is 249 g/mol. The predicted molar refractivity (Wildman–Crippen MR) is 63.9 cm³/mol. The fraction of sp³-hybridized carbons (Fsp3) is 0.273. The maximum absolute atomic E-state index is 12.0. The molecule has 0 unspecified atom stereocenters. The van der Waals surface area contributed by atoms with Crippen molar-refractivity contribution in [1.82, 2.24) is 14.1 Å². The van der Waals surface area contributed by atoms with Crippen LogP contribution in [0.4, 0.5) is 0 Å². The van der Waals surface area contributed by atoms with Crippen LogP contribution in [0.25, 0.3) is 11.0 Å². The smallest absolute Gasteiger partial charge is 0.337 e. The summed E-state index contributed by atoms with van der Waals surface area (Å²) in [6, 6.07) is 1.23. The third-order valence-electron chi connectivity index (χ3n) is 2.74. The quantitative estimate of drug-likeness (QED) is 0.796. The van der Waals surface area contributed by atoms with E-state index in [0.717, 1.165) is 10.8 Å². The summed E-state index contributed by atoms with van der Waals surface area (Å²) < 4.78 is 2.27. The monoisotopic (exact) mass is 249 g/mol. The summed E-state index contributed by atoms with van der Waals surface area (Å²) in [7, 11) is 1.49. The molecule has 0 saturated carbocycles. The molecule has 0 aliphatic heterocycles. The molecular weight excluding hydrogens is 238 g/mol. The van der Waals surface area contributed by atoms with E-state index < -0.39 is 17.2 Å². The molecule has 7 nitrogen and oxygen atoms in total. The van der Waals surface area contributed by atoms with Gasteiger partial charge in [0.25, 0.3) is 5.56 Å². The van der Waals surface area contributed by atoms with Crippen molar-refractivity contribution in [1.29, 1.82) is 0 Å². The Morgan fingerprint density at radius 2 is 2.11 bits per heavy atom. The van der Waals surface area contributed by atoms with Gasteiger partial charge in [-0.25, -0.2) is 14.6 Å². The normalized spacial score (nSPS) is 10.8. The molecule has 2 aromatic rings. The fourth-order valence-electron chi connectivity index (χ4n) is 1.78. The van der Waals surface area contributed by atoms with E-state index in [1.165, 1.54) is 17.7 Å². The van der Waals surface area contributed by atoms with E-state index >= 15 is 0 Å². The summed E-state index contributed by atoms with van der Waals surface area (Å²) in [5.74, 6) is -1.17. The zero-order valence-corrected chi connectivity index (χ0v) is 9.88. The van der Waals surface area contributed by atoms with E-state index in [0.29, 0.717) is 0 Å². The lowest BCUT2D eigenvalue weighted by atomic mass is 10.2. The highest BCUT2D eigenvalue weighted by Crippen LogP contribution is 2.07. The lowest BCUT2D eigenvalue weighted by Crippen LogP contribution is -2.39. The zero-order valence-electron chi connectivity index (χ0n) is 9.88. The van der Waals surface area contributed by atoms with E-state index in [9.17, 15) is 14.4 Å². The number of fused-ring (bicyclic) bond motifs is 1. The van der Waals surface area contributed by atoms with Gasteiger partial charge in [-0.2, -0.15) is 0 Å². The minimum atomic E-state index is -1.17. The van der Waals surface area contributed by atoms with Gasteiger partial charge in [-0.15, -0.1) is 0 Å². The number of hydrogen-bond acceptors (Lipinski definition) is 4. The van der Waals surface area contributed by atoms with Crippen molar-refractivity contribution in [3.05, 3.63) is 38.7 Å². The number of carboxylic acid groups (broad SMARTS) is 1. The topological polar surface area (TPSA) is 94.2 Å². The first-order valence-corrected chi connectivity index (χ1v) is 5.30. The lowest BCUT2D eigenvalue weighted by Gasteiger charge is -2.08. The average Bonchev–Trinajstić information content (AvgIpc) is 2.36. The van der Waals surface area contributed by atoms with Crippen LogP contribution in [0.15, 0.2) is 21.9 Å². The molecule has 0 saturated heterocycles. The predicted octanol–water partition coefficient (Wildman–Crippen LogP) is -0.187. The molecule has 0 amide bonds.